The van der Waals surface area contributed by atoms with Crippen LogP contribution in [0.25, 0.3) is 11.3 Å². The monoisotopic (exact) mass is 238 g/mol. The van der Waals surface area contributed by atoms with Gasteiger partial charge in [-0.2, -0.15) is 0 Å². The highest BCUT2D eigenvalue weighted by Gasteiger charge is 2.07. The largest absolute Gasteiger partial charge is 0.343 e. The number of aromatic nitrogens is 2. The molecule has 1 heterocycles. The van der Waals surface area contributed by atoms with Crippen LogP contribution in [0.3, 0.4) is 0 Å². The molecule has 0 unspecified atom stereocenters. The fourth-order valence-electron chi connectivity index (χ4n) is 1.43. The summed E-state index contributed by atoms with van der Waals surface area (Å²) in [5, 5.41) is 0. The molecule has 2 aromatic rings. The highest BCUT2D eigenvalue weighted by Crippen LogP contribution is 2.21. The highest BCUT2D eigenvalue weighted by atomic mass is 32.1. The van der Waals surface area contributed by atoms with Gasteiger partial charge in [0.1, 0.15) is 22.1 Å². The minimum absolute atomic E-state index is 0.276. The highest BCUT2D eigenvalue weighted by molar-refractivity contribution is 7.71. The Morgan fingerprint density at radius 3 is 2.62 bits per heavy atom. The molecule has 0 amide bonds. The van der Waals surface area contributed by atoms with Gasteiger partial charge in [0.05, 0.1) is 5.69 Å². The van der Waals surface area contributed by atoms with Crippen molar-refractivity contribution in [3.63, 3.8) is 0 Å². The molecule has 5 heteroatoms. The van der Waals surface area contributed by atoms with Crippen molar-refractivity contribution in [2.75, 3.05) is 0 Å². The summed E-state index contributed by atoms with van der Waals surface area (Å²) in [6, 6.07) is 4.94. The number of nitrogens with one attached hydrogen (secondary N) is 1. The van der Waals surface area contributed by atoms with Gasteiger partial charge in [-0.15, -0.1) is 0 Å². The van der Waals surface area contributed by atoms with Gasteiger partial charge in [0.2, 0.25) is 0 Å². The van der Waals surface area contributed by atoms with E-state index < -0.39 is 11.6 Å². The van der Waals surface area contributed by atoms with Crippen LogP contribution in [0.5, 0.6) is 0 Å². The molecule has 1 N–H and O–H groups in total. The fourth-order valence-corrected chi connectivity index (χ4v) is 1.69. The summed E-state index contributed by atoms with van der Waals surface area (Å²) in [5.74, 6) is -0.645. The topological polar surface area (TPSA) is 28.7 Å². The first-order valence-electron chi connectivity index (χ1n) is 4.59. The molecule has 16 heavy (non-hydrogen) atoms. The third-order valence-electron chi connectivity index (χ3n) is 2.08. The van der Waals surface area contributed by atoms with Gasteiger partial charge in [-0.1, -0.05) is 12.2 Å². The molecule has 0 atom stereocenters. The van der Waals surface area contributed by atoms with Crippen LogP contribution >= 0.6 is 12.2 Å². The molecule has 2 rings (SSSR count). The van der Waals surface area contributed by atoms with Gasteiger partial charge < -0.3 is 4.98 Å². The zero-order chi connectivity index (χ0) is 11.7. The van der Waals surface area contributed by atoms with Crippen molar-refractivity contribution in [1.82, 2.24) is 9.97 Å². The molecular formula is C11H8F2N2S. The van der Waals surface area contributed by atoms with E-state index in [1.807, 2.05) is 0 Å². The van der Waals surface area contributed by atoms with Gasteiger partial charge >= 0.3 is 0 Å². The Morgan fingerprint density at radius 2 is 2.00 bits per heavy atom. The molecule has 0 aliphatic heterocycles. The van der Waals surface area contributed by atoms with Crippen molar-refractivity contribution >= 4 is 12.2 Å². The van der Waals surface area contributed by atoms with Crippen LogP contribution in [0.15, 0.2) is 24.3 Å². The number of rotatable bonds is 1. The van der Waals surface area contributed by atoms with Gasteiger partial charge in [0, 0.05) is 11.6 Å². The zero-order valence-corrected chi connectivity index (χ0v) is 9.24. The van der Waals surface area contributed by atoms with E-state index in [2.05, 4.69) is 9.97 Å². The second-order valence-electron chi connectivity index (χ2n) is 3.34. The van der Waals surface area contributed by atoms with Crippen molar-refractivity contribution in [1.29, 1.82) is 0 Å². The first-order valence-corrected chi connectivity index (χ1v) is 5.00. The normalized spacial score (nSPS) is 10.4. The molecule has 0 aliphatic carbocycles. The standard InChI is InChI=1S/C11H8F2N2S/c1-6-14-10(5-11(16)15-6)8-3-2-7(12)4-9(8)13/h2-5H,1H3,(H,14,15,16). The van der Waals surface area contributed by atoms with Crippen LogP contribution < -0.4 is 0 Å². The number of halogens is 2. The molecule has 0 radical (unpaired) electrons. The SMILES string of the molecule is Cc1nc(=S)cc(-c2ccc(F)cc2F)[nH]1. The van der Waals surface area contributed by atoms with Crippen molar-refractivity contribution in [2.24, 2.45) is 0 Å². The van der Waals surface area contributed by atoms with Gasteiger partial charge in [-0.05, 0) is 25.1 Å². The summed E-state index contributed by atoms with van der Waals surface area (Å²) in [4.78, 5) is 6.85. The predicted octanol–water partition coefficient (Wildman–Crippen LogP) is 3.39. The number of benzene rings is 1. The average Bonchev–Trinajstić information content (AvgIpc) is 2.15. The zero-order valence-electron chi connectivity index (χ0n) is 8.42. The van der Waals surface area contributed by atoms with E-state index in [1.54, 1.807) is 13.0 Å². The summed E-state index contributed by atoms with van der Waals surface area (Å²) < 4.78 is 26.6. The number of H-pyrrole nitrogens is 1. The minimum Gasteiger partial charge on any atom is -0.343 e. The minimum atomic E-state index is -0.628. The lowest BCUT2D eigenvalue weighted by Gasteiger charge is -2.04. The molecule has 0 saturated carbocycles. The summed E-state index contributed by atoms with van der Waals surface area (Å²) in [6.07, 6.45) is 0. The van der Waals surface area contributed by atoms with Gasteiger partial charge in [0.15, 0.2) is 0 Å². The molecule has 0 spiro atoms. The number of nitrogens with zero attached hydrogens (tertiary/aromatic N) is 1. The van der Waals surface area contributed by atoms with Gasteiger partial charge in [0.25, 0.3) is 0 Å². The van der Waals surface area contributed by atoms with Crippen molar-refractivity contribution < 1.29 is 8.78 Å². The number of aryl methyl sites for hydroxylation is 1. The summed E-state index contributed by atoms with van der Waals surface area (Å²) >= 11 is 4.93. The van der Waals surface area contributed by atoms with Gasteiger partial charge in [-0.25, -0.2) is 13.8 Å². The second kappa shape index (κ2) is 4.09. The van der Waals surface area contributed by atoms with Crippen LogP contribution in [-0.2, 0) is 0 Å². The Kier molecular flexibility index (Phi) is 2.78. The maximum atomic E-state index is 13.5. The van der Waals surface area contributed by atoms with E-state index >= 15 is 0 Å². The molecule has 0 bridgehead atoms. The van der Waals surface area contributed by atoms with E-state index in [-0.39, 0.29) is 5.56 Å². The smallest absolute Gasteiger partial charge is 0.135 e. The quantitative estimate of drug-likeness (QED) is 0.771. The molecular weight excluding hydrogens is 230 g/mol. The lowest BCUT2D eigenvalue weighted by atomic mass is 10.1. The molecule has 1 aromatic heterocycles. The van der Waals surface area contributed by atoms with E-state index in [0.29, 0.717) is 16.2 Å². The maximum Gasteiger partial charge on any atom is 0.135 e. The maximum absolute atomic E-state index is 13.5. The number of hydrogen-bond acceptors (Lipinski definition) is 2. The van der Waals surface area contributed by atoms with Crippen LogP contribution in [0.1, 0.15) is 5.82 Å². The summed E-state index contributed by atoms with van der Waals surface area (Å²) in [5.41, 5.74) is 0.771. The predicted molar refractivity (Wildman–Crippen MR) is 59.5 cm³/mol. The van der Waals surface area contributed by atoms with E-state index in [0.717, 1.165) is 6.07 Å². The lowest BCUT2D eigenvalue weighted by Crippen LogP contribution is -1.94. The van der Waals surface area contributed by atoms with Crippen molar-refractivity contribution in [3.05, 3.63) is 46.4 Å². The second-order valence-corrected chi connectivity index (χ2v) is 3.76. The Hall–Kier alpha value is -1.62. The van der Waals surface area contributed by atoms with Crippen molar-refractivity contribution in [2.45, 2.75) is 6.92 Å². The summed E-state index contributed by atoms with van der Waals surface area (Å²) in [7, 11) is 0. The molecule has 0 fully saturated rings. The average molecular weight is 238 g/mol. The van der Waals surface area contributed by atoms with E-state index in [9.17, 15) is 8.78 Å². The number of hydrogen-bond donors (Lipinski definition) is 1. The Labute approximate surface area is 96.0 Å². The Balaban J connectivity index is 2.63. The Bertz CT molecular complexity index is 593. The lowest BCUT2D eigenvalue weighted by molar-refractivity contribution is 0.585. The van der Waals surface area contributed by atoms with Crippen LogP contribution in [0.4, 0.5) is 8.78 Å². The molecule has 0 aliphatic rings. The molecule has 1 aromatic carbocycles. The molecule has 0 saturated heterocycles. The first kappa shape index (κ1) is 10.9. The molecule has 2 nitrogen and oxygen atoms in total. The van der Waals surface area contributed by atoms with E-state index in [1.165, 1.54) is 12.1 Å². The third kappa shape index (κ3) is 2.14. The first-order chi connectivity index (χ1) is 7.56. The fraction of sp³-hybridized carbons (Fsp3) is 0.0909. The van der Waals surface area contributed by atoms with E-state index in [4.69, 9.17) is 12.2 Å². The van der Waals surface area contributed by atoms with Crippen molar-refractivity contribution in [3.8, 4) is 11.3 Å². The van der Waals surface area contributed by atoms with Gasteiger partial charge in [-0.3, -0.25) is 0 Å². The Morgan fingerprint density at radius 1 is 1.25 bits per heavy atom. The van der Waals surface area contributed by atoms with Crippen LogP contribution in [-0.4, -0.2) is 9.97 Å². The third-order valence-corrected chi connectivity index (χ3v) is 2.29. The molecule has 82 valence electrons. The number of aromatic amines is 1. The van der Waals surface area contributed by atoms with Crippen LogP contribution in [0, 0.1) is 23.2 Å². The van der Waals surface area contributed by atoms with Crippen LogP contribution in [0.2, 0.25) is 0 Å². The summed E-state index contributed by atoms with van der Waals surface area (Å²) in [6.45, 7) is 1.72.